The standard InChI is InChI=1S/C27H29NO3/c1-30-25-16-15-22(18-26(25)31-23-9-5-6-10-23)24(20-7-3-2-4-8-20)17-19-11-13-21(14-12-19)27(28)29/h2-4,7-8,11-16,18,23-24H,5-6,9-10,17H2,1H3,(H2,28,29). The van der Waals surface area contributed by atoms with Crippen LogP contribution in [0.1, 0.15) is 58.6 Å². The van der Waals surface area contributed by atoms with Gasteiger partial charge in [-0.05, 0) is 73.1 Å². The van der Waals surface area contributed by atoms with Crippen molar-refractivity contribution in [3.63, 3.8) is 0 Å². The molecule has 1 atom stereocenters. The highest BCUT2D eigenvalue weighted by Gasteiger charge is 2.21. The van der Waals surface area contributed by atoms with Gasteiger partial charge in [0.05, 0.1) is 13.2 Å². The lowest BCUT2D eigenvalue weighted by Crippen LogP contribution is -2.13. The fourth-order valence-corrected chi connectivity index (χ4v) is 4.34. The Bertz CT molecular complexity index is 1010. The predicted octanol–water partition coefficient (Wildman–Crippen LogP) is 5.49. The molecule has 1 unspecified atom stereocenters. The average molecular weight is 416 g/mol. The Kier molecular flexibility index (Phi) is 6.56. The average Bonchev–Trinajstić information content (AvgIpc) is 3.31. The Balaban J connectivity index is 1.67. The van der Waals surface area contributed by atoms with Crippen molar-refractivity contribution in [1.29, 1.82) is 0 Å². The monoisotopic (exact) mass is 415 g/mol. The Morgan fingerprint density at radius 2 is 1.65 bits per heavy atom. The molecule has 0 spiro atoms. The molecule has 4 heteroatoms. The molecule has 1 aliphatic rings. The molecule has 4 rings (SSSR count). The Morgan fingerprint density at radius 1 is 0.935 bits per heavy atom. The molecule has 1 fully saturated rings. The molecule has 0 radical (unpaired) electrons. The number of rotatable bonds is 8. The third kappa shape index (κ3) is 5.08. The van der Waals surface area contributed by atoms with Gasteiger partial charge in [0.15, 0.2) is 11.5 Å². The smallest absolute Gasteiger partial charge is 0.248 e. The van der Waals surface area contributed by atoms with Crippen molar-refractivity contribution in [2.75, 3.05) is 7.11 Å². The van der Waals surface area contributed by atoms with Crippen LogP contribution >= 0.6 is 0 Å². The number of carbonyl (C=O) groups excluding carboxylic acids is 1. The minimum absolute atomic E-state index is 0.150. The number of nitrogens with two attached hydrogens (primary N) is 1. The van der Waals surface area contributed by atoms with Crippen LogP contribution in [0.25, 0.3) is 0 Å². The van der Waals surface area contributed by atoms with Gasteiger partial charge in [0.1, 0.15) is 0 Å². The summed E-state index contributed by atoms with van der Waals surface area (Å²) in [7, 11) is 1.69. The van der Waals surface area contributed by atoms with Crippen molar-refractivity contribution in [2.24, 2.45) is 5.73 Å². The minimum atomic E-state index is -0.407. The zero-order valence-corrected chi connectivity index (χ0v) is 17.9. The summed E-state index contributed by atoms with van der Waals surface area (Å²) in [6.45, 7) is 0. The summed E-state index contributed by atoms with van der Waals surface area (Å²) in [6, 6.07) is 24.3. The normalized spacial score (nSPS) is 14.9. The molecular formula is C27H29NO3. The van der Waals surface area contributed by atoms with Gasteiger partial charge in [-0.15, -0.1) is 0 Å². The molecule has 31 heavy (non-hydrogen) atoms. The maximum absolute atomic E-state index is 11.4. The molecule has 0 aliphatic heterocycles. The van der Waals surface area contributed by atoms with Gasteiger partial charge in [-0.1, -0.05) is 48.5 Å². The molecule has 0 heterocycles. The lowest BCUT2D eigenvalue weighted by atomic mass is 9.85. The van der Waals surface area contributed by atoms with Crippen LogP contribution in [0, 0.1) is 0 Å². The Hall–Kier alpha value is -3.27. The molecule has 3 aromatic rings. The second-order valence-corrected chi connectivity index (χ2v) is 8.16. The van der Waals surface area contributed by atoms with E-state index in [-0.39, 0.29) is 12.0 Å². The number of benzene rings is 3. The van der Waals surface area contributed by atoms with Gasteiger partial charge in [0.25, 0.3) is 0 Å². The number of methoxy groups -OCH3 is 1. The zero-order valence-electron chi connectivity index (χ0n) is 17.9. The fraction of sp³-hybridized carbons (Fsp3) is 0.296. The highest BCUT2D eigenvalue weighted by atomic mass is 16.5. The Labute approximate surface area is 184 Å². The first kappa shape index (κ1) is 21.0. The van der Waals surface area contributed by atoms with Crippen molar-refractivity contribution < 1.29 is 14.3 Å². The lowest BCUT2D eigenvalue weighted by Gasteiger charge is -2.22. The van der Waals surface area contributed by atoms with Crippen molar-refractivity contribution in [3.05, 3.63) is 95.1 Å². The molecule has 1 saturated carbocycles. The SMILES string of the molecule is COc1ccc(C(Cc2ccc(C(N)=O)cc2)c2ccccc2)cc1OC1CCCC1. The molecule has 1 amide bonds. The fourth-order valence-electron chi connectivity index (χ4n) is 4.34. The van der Waals surface area contributed by atoms with E-state index in [4.69, 9.17) is 15.2 Å². The number of hydrogen-bond acceptors (Lipinski definition) is 3. The number of carbonyl (C=O) groups is 1. The van der Waals surface area contributed by atoms with E-state index in [1.807, 2.05) is 24.3 Å². The summed E-state index contributed by atoms with van der Waals surface area (Å²) in [5.41, 5.74) is 9.48. The zero-order chi connectivity index (χ0) is 21.6. The van der Waals surface area contributed by atoms with E-state index in [2.05, 4.69) is 36.4 Å². The van der Waals surface area contributed by atoms with Gasteiger partial charge in [-0.3, -0.25) is 4.79 Å². The van der Waals surface area contributed by atoms with Gasteiger partial charge in [0.2, 0.25) is 5.91 Å². The number of amides is 1. The van der Waals surface area contributed by atoms with E-state index in [1.54, 1.807) is 19.2 Å². The summed E-state index contributed by atoms with van der Waals surface area (Å²) in [5.74, 6) is 1.33. The molecule has 160 valence electrons. The third-order valence-corrected chi connectivity index (χ3v) is 6.07. The van der Waals surface area contributed by atoms with E-state index >= 15 is 0 Å². The topological polar surface area (TPSA) is 61.5 Å². The first-order valence-corrected chi connectivity index (χ1v) is 10.9. The number of hydrogen-bond donors (Lipinski definition) is 1. The van der Waals surface area contributed by atoms with Crippen molar-refractivity contribution >= 4 is 5.91 Å². The first-order chi connectivity index (χ1) is 15.1. The van der Waals surface area contributed by atoms with Crippen LogP contribution in [0.15, 0.2) is 72.8 Å². The summed E-state index contributed by atoms with van der Waals surface area (Å²) in [6.07, 6.45) is 5.71. The highest BCUT2D eigenvalue weighted by Crippen LogP contribution is 2.37. The summed E-state index contributed by atoms with van der Waals surface area (Å²) >= 11 is 0. The van der Waals surface area contributed by atoms with E-state index in [0.29, 0.717) is 5.56 Å². The molecule has 0 bridgehead atoms. The van der Waals surface area contributed by atoms with Crippen LogP contribution in [-0.4, -0.2) is 19.1 Å². The second kappa shape index (κ2) is 9.69. The third-order valence-electron chi connectivity index (χ3n) is 6.07. The largest absolute Gasteiger partial charge is 0.493 e. The van der Waals surface area contributed by atoms with Crippen LogP contribution < -0.4 is 15.2 Å². The van der Waals surface area contributed by atoms with E-state index in [1.165, 1.54) is 24.0 Å². The molecular weight excluding hydrogens is 386 g/mol. The number of ether oxygens (including phenoxy) is 2. The molecule has 0 saturated heterocycles. The summed E-state index contributed by atoms with van der Waals surface area (Å²) in [5, 5.41) is 0. The maximum Gasteiger partial charge on any atom is 0.248 e. The number of primary amides is 1. The van der Waals surface area contributed by atoms with Crippen LogP contribution in [-0.2, 0) is 6.42 Å². The molecule has 2 N–H and O–H groups in total. The van der Waals surface area contributed by atoms with Crippen LogP contribution in [0.4, 0.5) is 0 Å². The van der Waals surface area contributed by atoms with Crippen molar-refractivity contribution in [1.82, 2.24) is 0 Å². The van der Waals surface area contributed by atoms with Crippen LogP contribution in [0.2, 0.25) is 0 Å². The van der Waals surface area contributed by atoms with Crippen LogP contribution in [0.5, 0.6) is 11.5 Å². The van der Waals surface area contributed by atoms with E-state index in [9.17, 15) is 4.79 Å². The second-order valence-electron chi connectivity index (χ2n) is 8.16. The summed E-state index contributed by atoms with van der Waals surface area (Å²) in [4.78, 5) is 11.4. The van der Waals surface area contributed by atoms with Gasteiger partial charge in [-0.2, -0.15) is 0 Å². The Morgan fingerprint density at radius 3 is 2.29 bits per heavy atom. The quantitative estimate of drug-likeness (QED) is 0.529. The predicted molar refractivity (Wildman–Crippen MR) is 123 cm³/mol. The van der Waals surface area contributed by atoms with Crippen LogP contribution in [0.3, 0.4) is 0 Å². The van der Waals surface area contributed by atoms with Gasteiger partial charge in [-0.25, -0.2) is 0 Å². The first-order valence-electron chi connectivity index (χ1n) is 10.9. The molecule has 4 nitrogen and oxygen atoms in total. The highest BCUT2D eigenvalue weighted by molar-refractivity contribution is 5.92. The lowest BCUT2D eigenvalue weighted by molar-refractivity contribution is 0.100. The van der Waals surface area contributed by atoms with E-state index < -0.39 is 5.91 Å². The maximum atomic E-state index is 11.4. The minimum Gasteiger partial charge on any atom is -0.493 e. The van der Waals surface area contributed by atoms with Gasteiger partial charge < -0.3 is 15.2 Å². The summed E-state index contributed by atoms with van der Waals surface area (Å²) < 4.78 is 11.9. The van der Waals surface area contributed by atoms with Gasteiger partial charge >= 0.3 is 0 Å². The molecule has 0 aromatic heterocycles. The van der Waals surface area contributed by atoms with E-state index in [0.717, 1.165) is 36.3 Å². The van der Waals surface area contributed by atoms with Gasteiger partial charge in [0, 0.05) is 11.5 Å². The van der Waals surface area contributed by atoms with Crippen molar-refractivity contribution in [3.8, 4) is 11.5 Å². The molecule has 3 aromatic carbocycles. The van der Waals surface area contributed by atoms with Crippen molar-refractivity contribution in [2.45, 2.75) is 44.1 Å². The molecule has 1 aliphatic carbocycles.